The molecule has 0 aromatic rings. The standard InChI is InChI=1S/C80H151NO5/c1-3-5-7-9-11-13-15-17-19-21-22-23-24-28-31-34-37-41-44-48-52-56-60-64-68-72-78(83)77(76-82)81-79(84)73-69-65-61-57-53-49-45-42-38-35-32-29-26-25-27-30-33-36-39-43-47-51-55-59-63-67-71-75-86-80(85)74-70-66-62-58-54-50-46-40-20-18-16-14-12-10-8-6-4-2/h12,14,18,20,25-26,68,72,77-78,82-83H,3-11,13,15-17,19,21-24,27-67,69-71,73-76H2,1-2H3,(H,81,84)/b14-12-,20-18-,26-25-,72-68+. The van der Waals surface area contributed by atoms with Crippen LogP contribution in [0.5, 0.6) is 0 Å². The summed E-state index contributed by atoms with van der Waals surface area (Å²) in [6.45, 7) is 4.92. The van der Waals surface area contributed by atoms with Gasteiger partial charge in [0, 0.05) is 12.8 Å². The van der Waals surface area contributed by atoms with Gasteiger partial charge in [-0.2, -0.15) is 0 Å². The number of ether oxygens (including phenoxy) is 1. The molecule has 0 aliphatic heterocycles. The van der Waals surface area contributed by atoms with Crippen LogP contribution in [-0.2, 0) is 14.3 Å². The highest BCUT2D eigenvalue weighted by Crippen LogP contribution is 2.19. The van der Waals surface area contributed by atoms with Gasteiger partial charge in [-0.15, -0.1) is 0 Å². The van der Waals surface area contributed by atoms with E-state index >= 15 is 0 Å². The topological polar surface area (TPSA) is 95.9 Å². The van der Waals surface area contributed by atoms with Crippen molar-refractivity contribution in [1.29, 1.82) is 0 Å². The Balaban J connectivity index is 3.41. The molecule has 0 heterocycles. The molecule has 1 amide bonds. The van der Waals surface area contributed by atoms with E-state index in [4.69, 9.17) is 4.74 Å². The molecule has 2 atom stereocenters. The van der Waals surface area contributed by atoms with Crippen LogP contribution in [0.3, 0.4) is 0 Å². The zero-order valence-electron chi connectivity index (χ0n) is 58.1. The van der Waals surface area contributed by atoms with Crippen molar-refractivity contribution in [2.75, 3.05) is 13.2 Å². The molecule has 86 heavy (non-hydrogen) atoms. The van der Waals surface area contributed by atoms with Crippen molar-refractivity contribution < 1.29 is 24.5 Å². The van der Waals surface area contributed by atoms with Crippen LogP contribution in [-0.4, -0.2) is 47.4 Å². The van der Waals surface area contributed by atoms with Crippen LogP contribution >= 0.6 is 0 Å². The second-order valence-corrected chi connectivity index (χ2v) is 26.7. The average molecular weight is 1210 g/mol. The molecule has 0 rings (SSSR count). The number of allylic oxidation sites excluding steroid dienone is 7. The van der Waals surface area contributed by atoms with E-state index < -0.39 is 12.1 Å². The first-order valence-electron chi connectivity index (χ1n) is 38.9. The van der Waals surface area contributed by atoms with Gasteiger partial charge >= 0.3 is 5.97 Å². The molecule has 0 bridgehead atoms. The molecule has 3 N–H and O–H groups in total. The quantitative estimate of drug-likeness (QED) is 0.0320. The van der Waals surface area contributed by atoms with Crippen LogP contribution in [0.2, 0.25) is 0 Å². The zero-order valence-corrected chi connectivity index (χ0v) is 58.1. The summed E-state index contributed by atoms with van der Waals surface area (Å²) in [5.41, 5.74) is 0. The molecular weight excluding hydrogens is 1050 g/mol. The molecule has 2 unspecified atom stereocenters. The summed E-state index contributed by atoms with van der Waals surface area (Å²) < 4.78 is 5.50. The summed E-state index contributed by atoms with van der Waals surface area (Å²) in [6.07, 6.45) is 99.3. The summed E-state index contributed by atoms with van der Waals surface area (Å²) in [5.74, 6) is -0.0570. The molecule has 0 saturated heterocycles. The lowest BCUT2D eigenvalue weighted by Gasteiger charge is -2.20. The Kier molecular flexibility index (Phi) is 73.4. The first-order chi connectivity index (χ1) is 42.5. The van der Waals surface area contributed by atoms with Gasteiger partial charge in [0.15, 0.2) is 0 Å². The number of carbonyl (C=O) groups is 2. The summed E-state index contributed by atoms with van der Waals surface area (Å²) in [5, 5.41) is 23.3. The Bertz CT molecular complexity index is 1440. The van der Waals surface area contributed by atoms with Gasteiger partial charge in [0.1, 0.15) is 0 Å². The molecule has 0 radical (unpaired) electrons. The molecule has 506 valence electrons. The monoisotopic (exact) mass is 1210 g/mol. The predicted molar refractivity (Wildman–Crippen MR) is 379 cm³/mol. The first-order valence-corrected chi connectivity index (χ1v) is 38.9. The molecule has 0 aromatic heterocycles. The van der Waals surface area contributed by atoms with Crippen molar-refractivity contribution >= 4 is 11.9 Å². The maximum absolute atomic E-state index is 12.6. The second kappa shape index (κ2) is 75.3. The van der Waals surface area contributed by atoms with E-state index in [0.717, 1.165) is 51.4 Å². The maximum Gasteiger partial charge on any atom is 0.305 e. The van der Waals surface area contributed by atoms with Gasteiger partial charge in [-0.05, 0) is 89.9 Å². The van der Waals surface area contributed by atoms with Crippen LogP contribution in [0.15, 0.2) is 48.6 Å². The molecule has 0 aromatic carbocycles. The van der Waals surface area contributed by atoms with Crippen molar-refractivity contribution in [3.63, 3.8) is 0 Å². The molecule has 6 nitrogen and oxygen atoms in total. The fraction of sp³-hybridized carbons (Fsp3) is 0.875. The number of aliphatic hydroxyl groups excluding tert-OH is 2. The van der Waals surface area contributed by atoms with E-state index in [1.165, 1.54) is 347 Å². The van der Waals surface area contributed by atoms with Crippen LogP contribution in [0.1, 0.15) is 425 Å². The van der Waals surface area contributed by atoms with E-state index in [9.17, 15) is 19.8 Å². The second-order valence-electron chi connectivity index (χ2n) is 26.7. The van der Waals surface area contributed by atoms with E-state index in [1.54, 1.807) is 6.08 Å². The molecule has 0 spiro atoms. The number of rotatable bonds is 73. The van der Waals surface area contributed by atoms with Crippen LogP contribution in [0.25, 0.3) is 0 Å². The van der Waals surface area contributed by atoms with Crippen LogP contribution < -0.4 is 5.32 Å². The van der Waals surface area contributed by atoms with Gasteiger partial charge in [0.05, 0.1) is 25.4 Å². The number of unbranched alkanes of at least 4 members (excludes halogenated alkanes) is 56. The summed E-state index contributed by atoms with van der Waals surface area (Å²) >= 11 is 0. The van der Waals surface area contributed by atoms with E-state index in [1.807, 2.05) is 6.08 Å². The smallest absolute Gasteiger partial charge is 0.305 e. The lowest BCUT2D eigenvalue weighted by molar-refractivity contribution is -0.143. The summed E-state index contributed by atoms with van der Waals surface area (Å²) in [4.78, 5) is 24.7. The molecular formula is C80H151NO5. The van der Waals surface area contributed by atoms with Crippen molar-refractivity contribution in [3.05, 3.63) is 48.6 Å². The van der Waals surface area contributed by atoms with Crippen molar-refractivity contribution in [1.82, 2.24) is 5.32 Å². The molecule has 0 saturated carbocycles. The third-order valence-corrected chi connectivity index (χ3v) is 18.1. The number of carbonyl (C=O) groups excluding carboxylic acids is 2. The van der Waals surface area contributed by atoms with E-state index in [2.05, 4.69) is 55.6 Å². The largest absolute Gasteiger partial charge is 0.466 e. The van der Waals surface area contributed by atoms with E-state index in [-0.39, 0.29) is 18.5 Å². The Morgan fingerprint density at radius 2 is 0.581 bits per heavy atom. The Morgan fingerprint density at radius 3 is 0.919 bits per heavy atom. The van der Waals surface area contributed by atoms with Gasteiger partial charge in [-0.3, -0.25) is 9.59 Å². The Hall–Kier alpha value is -2.18. The minimum atomic E-state index is -0.848. The highest BCUT2D eigenvalue weighted by atomic mass is 16.5. The summed E-state index contributed by atoms with van der Waals surface area (Å²) in [6, 6.07) is -0.631. The number of amides is 1. The van der Waals surface area contributed by atoms with Gasteiger partial charge in [0.2, 0.25) is 5.91 Å². The van der Waals surface area contributed by atoms with E-state index in [0.29, 0.717) is 19.4 Å². The average Bonchev–Trinajstić information content (AvgIpc) is 3.54. The third-order valence-electron chi connectivity index (χ3n) is 18.1. The molecule has 0 aliphatic rings. The molecule has 6 heteroatoms. The Morgan fingerprint density at radius 1 is 0.326 bits per heavy atom. The molecule has 0 fully saturated rings. The first kappa shape index (κ1) is 83.8. The highest BCUT2D eigenvalue weighted by molar-refractivity contribution is 5.76. The van der Waals surface area contributed by atoms with Crippen molar-refractivity contribution in [3.8, 4) is 0 Å². The predicted octanol–water partition coefficient (Wildman–Crippen LogP) is 25.6. The lowest BCUT2D eigenvalue weighted by atomic mass is 10.0. The van der Waals surface area contributed by atoms with Gasteiger partial charge in [-0.1, -0.05) is 371 Å². The van der Waals surface area contributed by atoms with Gasteiger partial charge in [0.25, 0.3) is 0 Å². The summed E-state index contributed by atoms with van der Waals surface area (Å²) in [7, 11) is 0. The number of esters is 1. The van der Waals surface area contributed by atoms with Crippen molar-refractivity contribution in [2.24, 2.45) is 0 Å². The third kappa shape index (κ3) is 70.9. The van der Waals surface area contributed by atoms with Crippen LogP contribution in [0, 0.1) is 0 Å². The fourth-order valence-corrected chi connectivity index (χ4v) is 12.1. The van der Waals surface area contributed by atoms with Crippen LogP contribution in [0.4, 0.5) is 0 Å². The van der Waals surface area contributed by atoms with Gasteiger partial charge < -0.3 is 20.3 Å². The minimum Gasteiger partial charge on any atom is -0.466 e. The number of hydrogen-bond acceptors (Lipinski definition) is 5. The number of aliphatic hydroxyl groups is 2. The van der Waals surface area contributed by atoms with Crippen molar-refractivity contribution in [2.45, 2.75) is 437 Å². The minimum absolute atomic E-state index is 0.00748. The number of nitrogens with one attached hydrogen (secondary N) is 1. The maximum atomic E-state index is 12.6. The normalized spacial score (nSPS) is 12.7. The fourth-order valence-electron chi connectivity index (χ4n) is 12.1. The SMILES string of the molecule is CCCCC/C=C\C/C=C\CCCCCCCCCC(=O)OCCCCCCCCCCCCCC/C=C\CCCCCCCCCCCCCC(=O)NC(CO)C(O)/C=C/CCCCCCCCCCCCCCCCCCCCCCCCC. The van der Waals surface area contributed by atoms with Gasteiger partial charge in [-0.25, -0.2) is 0 Å². The number of hydrogen-bond donors (Lipinski definition) is 3. The zero-order chi connectivity index (χ0) is 62.0. The lowest BCUT2D eigenvalue weighted by Crippen LogP contribution is -2.45. The highest BCUT2D eigenvalue weighted by Gasteiger charge is 2.18. The Labute approximate surface area is 537 Å². The molecule has 0 aliphatic carbocycles.